The molecule has 0 radical (unpaired) electrons. The first kappa shape index (κ1) is 10.5. The lowest BCUT2D eigenvalue weighted by molar-refractivity contribution is 0.803. The lowest BCUT2D eigenvalue weighted by Crippen LogP contribution is -2.07. The number of benzene rings is 1. The van der Waals surface area contributed by atoms with Crippen LogP contribution in [0.1, 0.15) is 20.8 Å². The Morgan fingerprint density at radius 1 is 1.15 bits per heavy atom. The van der Waals surface area contributed by atoms with Crippen LogP contribution in [0.15, 0.2) is 29.2 Å². The van der Waals surface area contributed by atoms with Gasteiger partial charge in [-0.05, 0) is 12.1 Å². The molecule has 0 unspecified atom stereocenters. The molecule has 0 aliphatic carbocycles. The van der Waals surface area contributed by atoms with E-state index in [0.717, 1.165) is 0 Å². The number of hydrogen-bond acceptors (Lipinski definition) is 2. The summed E-state index contributed by atoms with van der Waals surface area (Å²) in [6, 6.07) is 8.39. The maximum atomic E-state index is 3.20. The van der Waals surface area contributed by atoms with E-state index < -0.39 is 0 Å². The van der Waals surface area contributed by atoms with Gasteiger partial charge in [0, 0.05) is 22.4 Å². The third kappa shape index (κ3) is 3.31. The Kier molecular flexibility index (Phi) is 3.26. The van der Waals surface area contributed by atoms with Gasteiger partial charge in [0.2, 0.25) is 0 Å². The van der Waals surface area contributed by atoms with E-state index in [4.69, 9.17) is 0 Å². The van der Waals surface area contributed by atoms with Gasteiger partial charge in [0.1, 0.15) is 0 Å². The van der Waals surface area contributed by atoms with Gasteiger partial charge in [0.25, 0.3) is 0 Å². The third-order valence-electron chi connectivity index (χ3n) is 1.57. The van der Waals surface area contributed by atoms with Crippen molar-refractivity contribution in [3.05, 3.63) is 24.3 Å². The third-order valence-corrected chi connectivity index (χ3v) is 2.76. The average molecular weight is 195 g/mol. The summed E-state index contributed by atoms with van der Waals surface area (Å²) in [7, 11) is 1.96. The quantitative estimate of drug-likeness (QED) is 0.723. The van der Waals surface area contributed by atoms with Gasteiger partial charge in [0.05, 0.1) is 0 Å². The van der Waals surface area contributed by atoms with E-state index in [0.29, 0.717) is 0 Å². The molecule has 13 heavy (non-hydrogen) atoms. The first-order chi connectivity index (χ1) is 6.03. The Labute approximate surface area is 84.9 Å². The van der Waals surface area contributed by atoms with Gasteiger partial charge in [-0.2, -0.15) is 0 Å². The van der Waals surface area contributed by atoms with E-state index in [9.17, 15) is 0 Å². The number of hydrogen-bond donors (Lipinski definition) is 1. The molecule has 0 spiro atoms. The number of para-hydroxylation sites is 1. The molecular formula is C11H17NS. The molecule has 0 saturated carbocycles. The number of anilines is 1. The standard InChI is InChI=1S/C11H17NS/c1-11(2,3)13-10-8-6-5-7-9(10)12-4/h5-8,12H,1-4H3. The van der Waals surface area contributed by atoms with Crippen molar-refractivity contribution in [1.82, 2.24) is 0 Å². The maximum Gasteiger partial charge on any atom is 0.0475 e. The molecule has 1 rings (SSSR count). The van der Waals surface area contributed by atoms with E-state index in [2.05, 4.69) is 50.4 Å². The highest BCUT2D eigenvalue weighted by Gasteiger charge is 2.13. The van der Waals surface area contributed by atoms with E-state index >= 15 is 0 Å². The molecule has 0 heterocycles. The van der Waals surface area contributed by atoms with E-state index in [-0.39, 0.29) is 4.75 Å². The summed E-state index contributed by atoms with van der Waals surface area (Å²) in [6.45, 7) is 6.68. The van der Waals surface area contributed by atoms with Crippen molar-refractivity contribution in [2.24, 2.45) is 0 Å². The van der Waals surface area contributed by atoms with Gasteiger partial charge in [-0.3, -0.25) is 0 Å². The summed E-state index contributed by atoms with van der Waals surface area (Å²) in [5.74, 6) is 0. The highest BCUT2D eigenvalue weighted by atomic mass is 32.2. The van der Waals surface area contributed by atoms with Crippen molar-refractivity contribution in [2.75, 3.05) is 12.4 Å². The number of nitrogens with one attached hydrogen (secondary N) is 1. The molecule has 0 atom stereocenters. The maximum absolute atomic E-state index is 3.20. The molecular weight excluding hydrogens is 178 g/mol. The first-order valence-electron chi connectivity index (χ1n) is 4.49. The van der Waals surface area contributed by atoms with Gasteiger partial charge in [-0.25, -0.2) is 0 Å². The van der Waals surface area contributed by atoms with Gasteiger partial charge < -0.3 is 5.32 Å². The van der Waals surface area contributed by atoms with Gasteiger partial charge in [-0.1, -0.05) is 32.9 Å². The molecule has 0 aliphatic heterocycles. The SMILES string of the molecule is CNc1ccccc1SC(C)(C)C. The van der Waals surface area contributed by atoms with Crippen molar-refractivity contribution >= 4 is 17.4 Å². The van der Waals surface area contributed by atoms with E-state index in [1.807, 2.05) is 18.8 Å². The highest BCUT2D eigenvalue weighted by Crippen LogP contribution is 2.36. The largest absolute Gasteiger partial charge is 0.387 e. The molecule has 0 bridgehead atoms. The van der Waals surface area contributed by atoms with Gasteiger partial charge in [-0.15, -0.1) is 11.8 Å². The Balaban J connectivity index is 2.87. The van der Waals surface area contributed by atoms with Crippen LogP contribution in [-0.2, 0) is 0 Å². The Bertz CT molecular complexity index is 276. The summed E-state index contributed by atoms with van der Waals surface area (Å²) in [5, 5.41) is 3.20. The summed E-state index contributed by atoms with van der Waals surface area (Å²) >= 11 is 1.89. The smallest absolute Gasteiger partial charge is 0.0475 e. The van der Waals surface area contributed by atoms with E-state index in [1.54, 1.807) is 0 Å². The van der Waals surface area contributed by atoms with Crippen LogP contribution in [0.3, 0.4) is 0 Å². The first-order valence-corrected chi connectivity index (χ1v) is 5.30. The molecule has 72 valence electrons. The zero-order valence-corrected chi connectivity index (χ0v) is 9.53. The second-order valence-corrected chi connectivity index (χ2v) is 5.83. The minimum absolute atomic E-state index is 0.271. The van der Waals surface area contributed by atoms with Crippen molar-refractivity contribution in [3.8, 4) is 0 Å². The second-order valence-electron chi connectivity index (χ2n) is 3.96. The molecule has 2 heteroatoms. The minimum atomic E-state index is 0.271. The fourth-order valence-electron chi connectivity index (χ4n) is 1.09. The fourth-order valence-corrected chi connectivity index (χ4v) is 2.18. The van der Waals surface area contributed by atoms with Crippen molar-refractivity contribution in [2.45, 2.75) is 30.4 Å². The topological polar surface area (TPSA) is 12.0 Å². The van der Waals surface area contributed by atoms with Crippen LogP contribution in [-0.4, -0.2) is 11.8 Å². The predicted octanol–water partition coefficient (Wildman–Crippen LogP) is 3.62. The predicted molar refractivity (Wildman–Crippen MR) is 61.6 cm³/mol. The molecule has 0 amide bonds. The van der Waals surface area contributed by atoms with E-state index in [1.165, 1.54) is 10.6 Å². The Hall–Kier alpha value is -0.630. The van der Waals surface area contributed by atoms with Gasteiger partial charge >= 0.3 is 0 Å². The van der Waals surface area contributed by atoms with Crippen molar-refractivity contribution in [1.29, 1.82) is 0 Å². The minimum Gasteiger partial charge on any atom is -0.387 e. The molecule has 1 N–H and O–H groups in total. The van der Waals surface area contributed by atoms with Crippen LogP contribution >= 0.6 is 11.8 Å². The number of rotatable bonds is 2. The van der Waals surface area contributed by atoms with Crippen LogP contribution in [0.2, 0.25) is 0 Å². The molecule has 1 aromatic carbocycles. The highest BCUT2D eigenvalue weighted by molar-refractivity contribution is 8.00. The van der Waals surface area contributed by atoms with Crippen molar-refractivity contribution < 1.29 is 0 Å². The lowest BCUT2D eigenvalue weighted by Gasteiger charge is -2.19. The molecule has 0 fully saturated rings. The number of thioether (sulfide) groups is 1. The normalized spacial score (nSPS) is 11.4. The molecule has 0 saturated heterocycles. The average Bonchev–Trinajstić information content (AvgIpc) is 2.02. The van der Waals surface area contributed by atoms with Crippen LogP contribution in [0.25, 0.3) is 0 Å². The van der Waals surface area contributed by atoms with Crippen LogP contribution in [0.4, 0.5) is 5.69 Å². The van der Waals surface area contributed by atoms with Crippen LogP contribution in [0.5, 0.6) is 0 Å². The molecule has 1 nitrogen and oxygen atoms in total. The van der Waals surface area contributed by atoms with Gasteiger partial charge in [0.15, 0.2) is 0 Å². The van der Waals surface area contributed by atoms with Crippen molar-refractivity contribution in [3.63, 3.8) is 0 Å². The molecule has 0 aromatic heterocycles. The second kappa shape index (κ2) is 4.05. The zero-order chi connectivity index (χ0) is 9.90. The Morgan fingerprint density at radius 2 is 1.77 bits per heavy atom. The monoisotopic (exact) mass is 195 g/mol. The molecule has 0 aliphatic rings. The zero-order valence-electron chi connectivity index (χ0n) is 8.72. The van der Waals surface area contributed by atoms with Crippen LogP contribution < -0.4 is 5.32 Å². The van der Waals surface area contributed by atoms with Crippen LogP contribution in [0, 0.1) is 0 Å². The summed E-state index contributed by atoms with van der Waals surface area (Å²) in [4.78, 5) is 1.32. The Morgan fingerprint density at radius 3 is 2.31 bits per heavy atom. The summed E-state index contributed by atoms with van der Waals surface area (Å²) in [5.41, 5.74) is 1.21. The molecule has 1 aromatic rings. The lowest BCUT2D eigenvalue weighted by atomic mass is 10.3. The fraction of sp³-hybridized carbons (Fsp3) is 0.455. The summed E-state index contributed by atoms with van der Waals surface area (Å²) < 4.78 is 0.271. The summed E-state index contributed by atoms with van der Waals surface area (Å²) in [6.07, 6.45) is 0.